The van der Waals surface area contributed by atoms with E-state index < -0.39 is 0 Å². The number of furan rings is 1. The SMILES string of the molecule is CC(=Nc1ccccc1)c1ccco1. The lowest BCUT2D eigenvalue weighted by atomic mass is 10.3. The van der Waals surface area contributed by atoms with Crippen LogP contribution in [0.15, 0.2) is 58.1 Å². The van der Waals surface area contributed by atoms with Crippen molar-refractivity contribution in [1.82, 2.24) is 0 Å². The van der Waals surface area contributed by atoms with E-state index in [1.807, 2.05) is 49.4 Å². The van der Waals surface area contributed by atoms with Crippen LogP contribution in [0, 0.1) is 0 Å². The van der Waals surface area contributed by atoms with Gasteiger partial charge in [0.25, 0.3) is 0 Å². The van der Waals surface area contributed by atoms with Gasteiger partial charge in [0.15, 0.2) is 0 Å². The minimum Gasteiger partial charge on any atom is -0.463 e. The molecule has 2 rings (SSSR count). The second-order valence-electron chi connectivity index (χ2n) is 3.01. The van der Waals surface area contributed by atoms with E-state index in [1.54, 1.807) is 6.26 Å². The maximum atomic E-state index is 5.24. The molecule has 0 unspecified atom stereocenters. The molecule has 1 aromatic heterocycles. The molecule has 2 nitrogen and oxygen atoms in total. The first-order valence-electron chi connectivity index (χ1n) is 4.50. The summed E-state index contributed by atoms with van der Waals surface area (Å²) in [6.07, 6.45) is 1.65. The highest BCUT2D eigenvalue weighted by atomic mass is 16.3. The summed E-state index contributed by atoms with van der Waals surface area (Å²) in [5, 5.41) is 0. The maximum Gasteiger partial charge on any atom is 0.147 e. The van der Waals surface area contributed by atoms with Crippen LogP contribution in [-0.4, -0.2) is 5.71 Å². The Morgan fingerprint density at radius 1 is 1.07 bits per heavy atom. The molecule has 0 bridgehead atoms. The summed E-state index contributed by atoms with van der Waals surface area (Å²) < 4.78 is 5.24. The first kappa shape index (κ1) is 8.75. The van der Waals surface area contributed by atoms with Gasteiger partial charge in [0.1, 0.15) is 5.76 Å². The van der Waals surface area contributed by atoms with Crippen molar-refractivity contribution >= 4 is 11.4 Å². The van der Waals surface area contributed by atoms with Crippen LogP contribution < -0.4 is 0 Å². The van der Waals surface area contributed by atoms with Crippen LogP contribution in [0.3, 0.4) is 0 Å². The Kier molecular flexibility index (Phi) is 2.45. The van der Waals surface area contributed by atoms with Crippen molar-refractivity contribution in [3.63, 3.8) is 0 Å². The second-order valence-corrected chi connectivity index (χ2v) is 3.01. The molecule has 0 aliphatic rings. The molecule has 0 aliphatic heterocycles. The highest BCUT2D eigenvalue weighted by molar-refractivity contribution is 5.97. The number of para-hydroxylation sites is 1. The van der Waals surface area contributed by atoms with Crippen LogP contribution in [0.4, 0.5) is 5.69 Å². The van der Waals surface area contributed by atoms with Gasteiger partial charge >= 0.3 is 0 Å². The van der Waals surface area contributed by atoms with E-state index in [1.165, 1.54) is 0 Å². The molecule has 1 aromatic carbocycles. The highest BCUT2D eigenvalue weighted by Gasteiger charge is 1.98. The zero-order valence-electron chi connectivity index (χ0n) is 7.97. The molecule has 2 heteroatoms. The first-order chi connectivity index (χ1) is 6.86. The predicted molar refractivity (Wildman–Crippen MR) is 57.0 cm³/mol. The molecule has 0 aliphatic carbocycles. The van der Waals surface area contributed by atoms with E-state index >= 15 is 0 Å². The second kappa shape index (κ2) is 3.92. The molecule has 0 saturated carbocycles. The average Bonchev–Trinajstić information content (AvgIpc) is 2.72. The lowest BCUT2D eigenvalue weighted by Gasteiger charge is -1.95. The standard InChI is InChI=1S/C12H11NO/c1-10(12-8-5-9-14-12)13-11-6-3-2-4-7-11/h2-9H,1H3. The van der Waals surface area contributed by atoms with Crippen LogP contribution in [0.25, 0.3) is 0 Å². The largest absolute Gasteiger partial charge is 0.463 e. The zero-order chi connectivity index (χ0) is 9.80. The summed E-state index contributed by atoms with van der Waals surface area (Å²) in [4.78, 5) is 4.42. The van der Waals surface area contributed by atoms with Crippen molar-refractivity contribution in [2.45, 2.75) is 6.92 Å². The summed E-state index contributed by atoms with van der Waals surface area (Å²) >= 11 is 0. The normalized spacial score (nSPS) is 11.6. The van der Waals surface area contributed by atoms with Gasteiger partial charge < -0.3 is 4.42 Å². The Morgan fingerprint density at radius 2 is 1.86 bits per heavy atom. The van der Waals surface area contributed by atoms with Crippen molar-refractivity contribution in [1.29, 1.82) is 0 Å². The molecule has 2 aromatic rings. The van der Waals surface area contributed by atoms with Crippen molar-refractivity contribution in [2.75, 3.05) is 0 Å². The molecule has 1 heterocycles. The topological polar surface area (TPSA) is 25.5 Å². The fraction of sp³-hybridized carbons (Fsp3) is 0.0833. The number of hydrogen-bond acceptors (Lipinski definition) is 2. The summed E-state index contributed by atoms with van der Waals surface area (Å²) in [6.45, 7) is 1.94. The van der Waals surface area contributed by atoms with Crippen molar-refractivity contribution < 1.29 is 4.42 Å². The number of rotatable bonds is 2. The molecule has 0 atom stereocenters. The summed E-state index contributed by atoms with van der Waals surface area (Å²) in [6, 6.07) is 13.6. The van der Waals surface area contributed by atoms with E-state index in [4.69, 9.17) is 4.42 Å². The number of nitrogens with zero attached hydrogens (tertiary/aromatic N) is 1. The van der Waals surface area contributed by atoms with Gasteiger partial charge in [-0.05, 0) is 31.2 Å². The highest BCUT2D eigenvalue weighted by Crippen LogP contribution is 2.12. The Labute approximate surface area is 82.9 Å². The van der Waals surface area contributed by atoms with Crippen LogP contribution in [0.5, 0.6) is 0 Å². The summed E-state index contributed by atoms with van der Waals surface area (Å²) in [7, 11) is 0. The van der Waals surface area contributed by atoms with E-state index in [9.17, 15) is 0 Å². The third-order valence-electron chi connectivity index (χ3n) is 1.93. The Balaban J connectivity index is 2.28. The van der Waals surface area contributed by atoms with E-state index in [2.05, 4.69) is 4.99 Å². The fourth-order valence-electron chi connectivity index (χ4n) is 1.24. The minimum absolute atomic E-state index is 0.814. The molecular weight excluding hydrogens is 174 g/mol. The monoisotopic (exact) mass is 185 g/mol. The zero-order valence-corrected chi connectivity index (χ0v) is 7.97. The summed E-state index contributed by atoms with van der Waals surface area (Å²) in [5.41, 5.74) is 1.84. The van der Waals surface area contributed by atoms with Gasteiger partial charge in [0.05, 0.1) is 17.7 Å². The minimum atomic E-state index is 0.814. The van der Waals surface area contributed by atoms with E-state index in [0.29, 0.717) is 0 Å². The maximum absolute atomic E-state index is 5.24. The van der Waals surface area contributed by atoms with Gasteiger partial charge in [-0.2, -0.15) is 0 Å². The molecule has 0 spiro atoms. The van der Waals surface area contributed by atoms with Gasteiger partial charge in [-0.25, -0.2) is 4.99 Å². The van der Waals surface area contributed by atoms with Crippen LogP contribution in [0.1, 0.15) is 12.7 Å². The third-order valence-corrected chi connectivity index (χ3v) is 1.93. The van der Waals surface area contributed by atoms with Gasteiger partial charge in [-0.15, -0.1) is 0 Å². The number of aliphatic imine (C=N–C) groups is 1. The molecule has 0 amide bonds. The summed E-state index contributed by atoms with van der Waals surface area (Å²) in [5.74, 6) is 0.814. The number of benzene rings is 1. The van der Waals surface area contributed by atoms with Crippen LogP contribution in [0.2, 0.25) is 0 Å². The predicted octanol–water partition coefficient (Wildman–Crippen LogP) is 3.42. The van der Waals surface area contributed by atoms with E-state index in [0.717, 1.165) is 17.2 Å². The molecular formula is C12H11NO. The van der Waals surface area contributed by atoms with Crippen molar-refractivity contribution in [3.05, 3.63) is 54.5 Å². The third kappa shape index (κ3) is 1.91. The Morgan fingerprint density at radius 3 is 2.50 bits per heavy atom. The molecule has 0 fully saturated rings. The smallest absolute Gasteiger partial charge is 0.147 e. The molecule has 0 N–H and O–H groups in total. The fourth-order valence-corrected chi connectivity index (χ4v) is 1.24. The number of hydrogen-bond donors (Lipinski definition) is 0. The molecule has 70 valence electrons. The van der Waals surface area contributed by atoms with Crippen LogP contribution >= 0.6 is 0 Å². The molecule has 0 saturated heterocycles. The quantitative estimate of drug-likeness (QED) is 0.658. The average molecular weight is 185 g/mol. The van der Waals surface area contributed by atoms with Gasteiger partial charge in [-0.3, -0.25) is 0 Å². The lowest BCUT2D eigenvalue weighted by molar-refractivity contribution is 0.557. The molecule has 0 radical (unpaired) electrons. The Hall–Kier alpha value is -1.83. The first-order valence-corrected chi connectivity index (χ1v) is 4.50. The lowest BCUT2D eigenvalue weighted by Crippen LogP contribution is -1.89. The molecule has 14 heavy (non-hydrogen) atoms. The van der Waals surface area contributed by atoms with Gasteiger partial charge in [-0.1, -0.05) is 18.2 Å². The van der Waals surface area contributed by atoms with Crippen LogP contribution in [-0.2, 0) is 0 Å². The van der Waals surface area contributed by atoms with Gasteiger partial charge in [0, 0.05) is 0 Å². The van der Waals surface area contributed by atoms with Crippen molar-refractivity contribution in [2.24, 2.45) is 4.99 Å². The van der Waals surface area contributed by atoms with Gasteiger partial charge in [0.2, 0.25) is 0 Å². The van der Waals surface area contributed by atoms with Crippen molar-refractivity contribution in [3.8, 4) is 0 Å². The Bertz CT molecular complexity index is 415. The van der Waals surface area contributed by atoms with E-state index in [-0.39, 0.29) is 0 Å².